The van der Waals surface area contributed by atoms with E-state index in [4.69, 9.17) is 9.47 Å². The molecule has 0 saturated heterocycles. The molecule has 0 bridgehead atoms. The molecule has 2 heterocycles. The Balaban J connectivity index is 0.00000280. The van der Waals surface area contributed by atoms with Crippen molar-refractivity contribution >= 4 is 40.8 Å². The highest BCUT2D eigenvalue weighted by molar-refractivity contribution is 6.05. The van der Waals surface area contributed by atoms with Crippen molar-refractivity contribution in [2.24, 2.45) is 0 Å². The Kier molecular flexibility index (Phi) is 7.18. The molecule has 0 aliphatic heterocycles. The highest BCUT2D eigenvalue weighted by atomic mass is 35.5. The van der Waals surface area contributed by atoms with Crippen LogP contribution in [0.25, 0.3) is 11.0 Å². The normalized spacial score (nSPS) is 10.5. The van der Waals surface area contributed by atoms with Crippen molar-refractivity contribution in [1.29, 1.82) is 0 Å². The summed E-state index contributed by atoms with van der Waals surface area (Å²) in [5, 5.41) is 4.08. The summed E-state index contributed by atoms with van der Waals surface area (Å²) in [5.74, 6) is 0.368. The number of carbonyl (C=O) groups excluding carboxylic acids is 1. The third kappa shape index (κ3) is 4.89. The maximum atomic E-state index is 12.6. The molecule has 0 spiro atoms. The van der Waals surface area contributed by atoms with E-state index in [0.717, 1.165) is 22.5 Å². The average Bonchev–Trinajstić information content (AvgIpc) is 2.63. The van der Waals surface area contributed by atoms with Gasteiger partial charge in [0.2, 0.25) is 0 Å². The molecule has 28 heavy (non-hydrogen) atoms. The van der Waals surface area contributed by atoms with E-state index < -0.39 is 5.97 Å². The summed E-state index contributed by atoms with van der Waals surface area (Å²) in [6.07, 6.45) is 1.29. The number of hydrogen-bond acceptors (Lipinski definition) is 6. The third-order valence-electron chi connectivity index (χ3n) is 3.87. The van der Waals surface area contributed by atoms with Gasteiger partial charge in [0.25, 0.3) is 0 Å². The molecule has 3 rings (SSSR count). The first-order valence-corrected chi connectivity index (χ1v) is 8.95. The molecule has 0 fully saturated rings. The van der Waals surface area contributed by atoms with Gasteiger partial charge in [-0.25, -0.2) is 14.8 Å². The van der Waals surface area contributed by atoms with Gasteiger partial charge >= 0.3 is 5.97 Å². The Morgan fingerprint density at radius 1 is 1.14 bits per heavy atom. The first-order chi connectivity index (χ1) is 13.0. The smallest absolute Gasteiger partial charge is 0.342 e. The van der Waals surface area contributed by atoms with E-state index in [1.165, 1.54) is 6.20 Å². The fraction of sp³-hybridized carbons (Fsp3) is 0.286. The molecule has 148 valence electrons. The predicted molar refractivity (Wildman–Crippen MR) is 113 cm³/mol. The fourth-order valence-corrected chi connectivity index (χ4v) is 2.68. The highest BCUT2D eigenvalue weighted by Crippen LogP contribution is 2.30. The molecule has 0 saturated carbocycles. The van der Waals surface area contributed by atoms with E-state index in [1.807, 2.05) is 64.1 Å². The summed E-state index contributed by atoms with van der Waals surface area (Å²) in [7, 11) is 0. The second kappa shape index (κ2) is 9.37. The van der Waals surface area contributed by atoms with Crippen molar-refractivity contribution < 1.29 is 14.3 Å². The number of benzene rings is 1. The fourth-order valence-electron chi connectivity index (χ4n) is 2.68. The van der Waals surface area contributed by atoms with Crippen LogP contribution in [0, 0.1) is 6.92 Å². The summed E-state index contributed by atoms with van der Waals surface area (Å²) in [4.78, 5) is 21.4. The zero-order valence-electron chi connectivity index (χ0n) is 16.4. The number of anilines is 2. The molecule has 0 aliphatic carbocycles. The van der Waals surface area contributed by atoms with E-state index >= 15 is 0 Å². The lowest BCUT2D eigenvalue weighted by Gasteiger charge is -2.15. The lowest BCUT2D eigenvalue weighted by molar-refractivity contribution is 0.0379. The number of nitrogens with zero attached hydrogens (tertiary/aromatic N) is 2. The van der Waals surface area contributed by atoms with Gasteiger partial charge in [0.05, 0.1) is 18.4 Å². The topological polar surface area (TPSA) is 73.3 Å². The standard InChI is InChI=1S/C21H23N3O3.ClH/c1-5-26-16-9-7-15(8-10-16)24-19-17-11-6-14(4)23-20(17)22-12-18(19)21(25)27-13(2)3;/h6-13H,5H2,1-4H3,(H,22,23,24);1H. The Labute approximate surface area is 170 Å². The van der Waals surface area contributed by atoms with E-state index in [2.05, 4.69) is 15.3 Å². The molecule has 7 heteroatoms. The number of nitrogens with one attached hydrogen (secondary N) is 1. The molecule has 6 nitrogen and oxygen atoms in total. The van der Waals surface area contributed by atoms with Gasteiger partial charge in [0.15, 0.2) is 5.65 Å². The molecule has 2 aromatic heterocycles. The summed E-state index contributed by atoms with van der Waals surface area (Å²) >= 11 is 0. The third-order valence-corrected chi connectivity index (χ3v) is 3.87. The Morgan fingerprint density at radius 2 is 1.86 bits per heavy atom. The van der Waals surface area contributed by atoms with Crippen LogP contribution in [0.4, 0.5) is 11.4 Å². The summed E-state index contributed by atoms with van der Waals surface area (Å²) in [6.45, 7) is 8.09. The molecule has 1 N–H and O–H groups in total. The number of ether oxygens (including phenoxy) is 2. The minimum absolute atomic E-state index is 0. The van der Waals surface area contributed by atoms with Crippen LogP contribution < -0.4 is 10.1 Å². The first-order valence-electron chi connectivity index (χ1n) is 8.95. The molecule has 1 aromatic carbocycles. The highest BCUT2D eigenvalue weighted by Gasteiger charge is 2.19. The van der Waals surface area contributed by atoms with Crippen LogP contribution in [-0.2, 0) is 4.74 Å². The quantitative estimate of drug-likeness (QED) is 0.581. The Bertz CT molecular complexity index is 959. The Hall–Kier alpha value is -2.86. The molecule has 0 atom stereocenters. The second-order valence-electron chi connectivity index (χ2n) is 6.41. The van der Waals surface area contributed by atoms with Gasteiger partial charge in [-0.2, -0.15) is 0 Å². The SMILES string of the molecule is CCOc1ccc(Nc2c(C(=O)OC(C)C)cnc3nc(C)ccc23)cc1.Cl. The van der Waals surface area contributed by atoms with Crippen LogP contribution in [0.15, 0.2) is 42.6 Å². The number of aromatic nitrogens is 2. The van der Waals surface area contributed by atoms with E-state index in [1.54, 1.807) is 0 Å². The van der Waals surface area contributed by atoms with Crippen LogP contribution in [0.5, 0.6) is 5.75 Å². The van der Waals surface area contributed by atoms with E-state index in [-0.39, 0.29) is 18.5 Å². The molecule has 0 radical (unpaired) electrons. The van der Waals surface area contributed by atoms with Gasteiger partial charge in [-0.15, -0.1) is 12.4 Å². The Morgan fingerprint density at radius 3 is 2.50 bits per heavy atom. The zero-order chi connectivity index (χ0) is 19.4. The molecule has 0 unspecified atom stereocenters. The van der Waals surface area contributed by atoms with Crippen molar-refractivity contribution in [2.75, 3.05) is 11.9 Å². The average molecular weight is 402 g/mol. The number of fused-ring (bicyclic) bond motifs is 1. The van der Waals surface area contributed by atoms with Crippen LogP contribution in [0.1, 0.15) is 36.8 Å². The minimum atomic E-state index is -0.423. The van der Waals surface area contributed by atoms with Gasteiger partial charge < -0.3 is 14.8 Å². The largest absolute Gasteiger partial charge is 0.494 e. The number of carbonyl (C=O) groups is 1. The van der Waals surface area contributed by atoms with Crippen LogP contribution in [0.3, 0.4) is 0 Å². The van der Waals surface area contributed by atoms with Crippen molar-refractivity contribution in [3.8, 4) is 5.75 Å². The molecular weight excluding hydrogens is 378 g/mol. The minimum Gasteiger partial charge on any atom is -0.494 e. The predicted octanol–water partition coefficient (Wildman–Crippen LogP) is 5.07. The number of esters is 1. The molecular formula is C21H24ClN3O3. The van der Waals surface area contributed by atoms with Crippen molar-refractivity contribution in [1.82, 2.24) is 9.97 Å². The van der Waals surface area contributed by atoms with Gasteiger partial charge in [0, 0.05) is 23.0 Å². The van der Waals surface area contributed by atoms with Crippen molar-refractivity contribution in [3.63, 3.8) is 0 Å². The van der Waals surface area contributed by atoms with Gasteiger partial charge in [0.1, 0.15) is 11.3 Å². The number of halogens is 1. The monoisotopic (exact) mass is 401 g/mol. The van der Waals surface area contributed by atoms with Gasteiger partial charge in [-0.05, 0) is 64.1 Å². The van der Waals surface area contributed by atoms with Crippen LogP contribution in [-0.4, -0.2) is 28.6 Å². The maximum Gasteiger partial charge on any atom is 0.342 e. The number of rotatable bonds is 6. The number of aryl methyl sites for hydroxylation is 1. The number of pyridine rings is 2. The van der Waals surface area contributed by atoms with E-state index in [9.17, 15) is 4.79 Å². The lowest BCUT2D eigenvalue weighted by Crippen LogP contribution is -2.14. The molecule has 3 aromatic rings. The molecule has 0 aliphatic rings. The van der Waals surface area contributed by atoms with Gasteiger partial charge in [-0.3, -0.25) is 0 Å². The molecule has 0 amide bonds. The van der Waals surface area contributed by atoms with Crippen LogP contribution >= 0.6 is 12.4 Å². The zero-order valence-corrected chi connectivity index (χ0v) is 17.2. The summed E-state index contributed by atoms with van der Waals surface area (Å²) in [6, 6.07) is 11.4. The number of hydrogen-bond donors (Lipinski definition) is 1. The summed E-state index contributed by atoms with van der Waals surface area (Å²) in [5.41, 5.74) is 3.26. The van der Waals surface area contributed by atoms with E-state index in [0.29, 0.717) is 23.5 Å². The van der Waals surface area contributed by atoms with Crippen molar-refractivity contribution in [2.45, 2.75) is 33.8 Å². The second-order valence-corrected chi connectivity index (χ2v) is 6.41. The summed E-state index contributed by atoms with van der Waals surface area (Å²) < 4.78 is 10.9. The van der Waals surface area contributed by atoms with Crippen LogP contribution in [0.2, 0.25) is 0 Å². The van der Waals surface area contributed by atoms with Gasteiger partial charge in [-0.1, -0.05) is 0 Å². The maximum absolute atomic E-state index is 12.6. The lowest BCUT2D eigenvalue weighted by atomic mass is 10.1. The van der Waals surface area contributed by atoms with Crippen molar-refractivity contribution in [3.05, 3.63) is 53.9 Å². The first kappa shape index (κ1) is 21.4.